The molecule has 0 aromatic heterocycles. The van der Waals surface area contributed by atoms with Crippen LogP contribution in [0.3, 0.4) is 0 Å². The second-order valence-electron chi connectivity index (χ2n) is 5.39. The van der Waals surface area contributed by atoms with Crippen molar-refractivity contribution in [3.8, 4) is 5.75 Å². The molecule has 2 aromatic rings. The number of thioether (sulfide) groups is 1. The van der Waals surface area contributed by atoms with Crippen LogP contribution in [-0.2, 0) is 4.79 Å². The third-order valence-electron chi connectivity index (χ3n) is 3.53. The van der Waals surface area contributed by atoms with E-state index in [-0.39, 0.29) is 16.2 Å². The third-order valence-corrected chi connectivity index (χ3v) is 4.40. The van der Waals surface area contributed by atoms with E-state index in [0.29, 0.717) is 5.01 Å². The summed E-state index contributed by atoms with van der Waals surface area (Å²) in [6.07, 6.45) is 1.59. The Morgan fingerprint density at radius 3 is 2.48 bits per heavy atom. The van der Waals surface area contributed by atoms with Crippen molar-refractivity contribution in [2.45, 2.75) is 6.92 Å². The van der Waals surface area contributed by atoms with Gasteiger partial charge in [0.15, 0.2) is 0 Å². The Morgan fingerprint density at radius 1 is 1.12 bits per heavy atom. The number of aryl methyl sites for hydroxylation is 1. The summed E-state index contributed by atoms with van der Waals surface area (Å²) in [6.45, 7) is 1.95. The van der Waals surface area contributed by atoms with E-state index in [1.807, 2.05) is 31.2 Å². The molecule has 0 radical (unpaired) electrons. The van der Waals surface area contributed by atoms with Crippen molar-refractivity contribution in [3.05, 3.63) is 70.1 Å². The van der Waals surface area contributed by atoms with Crippen molar-refractivity contribution in [2.75, 3.05) is 0 Å². The number of hydrogen-bond donors (Lipinski definition) is 2. The Morgan fingerprint density at radius 2 is 1.80 bits per heavy atom. The van der Waals surface area contributed by atoms with Crippen molar-refractivity contribution in [1.82, 2.24) is 10.4 Å². The van der Waals surface area contributed by atoms with Crippen LogP contribution in [0.2, 0.25) is 0 Å². The Kier molecular flexibility index (Phi) is 4.58. The molecular formula is C18H14N2O4S. The minimum absolute atomic E-state index is 0.0240. The Hall–Kier alpha value is -3.06. The minimum atomic E-state index is -0.739. The average Bonchev–Trinajstić information content (AvgIpc) is 2.85. The van der Waals surface area contributed by atoms with Crippen molar-refractivity contribution < 1.29 is 19.5 Å². The van der Waals surface area contributed by atoms with E-state index in [1.165, 1.54) is 12.1 Å². The van der Waals surface area contributed by atoms with Gasteiger partial charge in [-0.15, -0.1) is 0 Å². The zero-order chi connectivity index (χ0) is 18.0. The molecule has 0 spiro atoms. The first-order valence-corrected chi connectivity index (χ1v) is 8.21. The first-order valence-electron chi connectivity index (χ1n) is 7.39. The highest BCUT2D eigenvalue weighted by molar-refractivity contribution is 8.18. The SMILES string of the molecule is Cc1ccc(C=C2SC(=O)N(NC(=O)c3ccccc3O)C2=O)cc1. The minimum Gasteiger partial charge on any atom is -0.507 e. The second kappa shape index (κ2) is 6.82. The maximum atomic E-state index is 12.4. The fraction of sp³-hybridized carbons (Fsp3) is 0.0556. The lowest BCUT2D eigenvalue weighted by Gasteiger charge is -2.14. The fourth-order valence-electron chi connectivity index (χ4n) is 2.21. The van der Waals surface area contributed by atoms with E-state index in [0.717, 1.165) is 22.9 Å². The summed E-state index contributed by atoms with van der Waals surface area (Å²) < 4.78 is 0. The van der Waals surface area contributed by atoms with E-state index >= 15 is 0 Å². The second-order valence-corrected chi connectivity index (χ2v) is 6.38. The van der Waals surface area contributed by atoms with Gasteiger partial charge in [-0.25, -0.2) is 0 Å². The van der Waals surface area contributed by atoms with Crippen LogP contribution in [0.25, 0.3) is 6.08 Å². The molecule has 25 heavy (non-hydrogen) atoms. The number of para-hydroxylation sites is 1. The molecule has 3 amide bonds. The van der Waals surface area contributed by atoms with Gasteiger partial charge in [-0.1, -0.05) is 42.0 Å². The van der Waals surface area contributed by atoms with Gasteiger partial charge in [0.2, 0.25) is 0 Å². The summed E-state index contributed by atoms with van der Waals surface area (Å²) in [5.74, 6) is -1.58. The lowest BCUT2D eigenvalue weighted by molar-refractivity contribution is -0.124. The number of imide groups is 1. The summed E-state index contributed by atoms with van der Waals surface area (Å²) in [4.78, 5) is 36.8. The summed E-state index contributed by atoms with van der Waals surface area (Å²) >= 11 is 0.744. The molecule has 0 aliphatic carbocycles. The smallest absolute Gasteiger partial charge is 0.312 e. The number of phenolic OH excluding ortho intramolecular Hbond substituents is 1. The average molecular weight is 354 g/mol. The molecule has 0 bridgehead atoms. The molecule has 126 valence electrons. The number of benzene rings is 2. The number of hydrogen-bond acceptors (Lipinski definition) is 5. The highest BCUT2D eigenvalue weighted by atomic mass is 32.2. The number of hydrazine groups is 1. The topological polar surface area (TPSA) is 86.7 Å². The zero-order valence-electron chi connectivity index (χ0n) is 13.2. The number of rotatable bonds is 3. The Bertz CT molecular complexity index is 890. The summed E-state index contributed by atoms with van der Waals surface area (Å²) in [7, 11) is 0. The van der Waals surface area contributed by atoms with Crippen LogP contribution in [0, 0.1) is 6.92 Å². The number of nitrogens with zero attached hydrogens (tertiary/aromatic N) is 1. The number of amides is 3. The molecule has 1 heterocycles. The summed E-state index contributed by atoms with van der Waals surface area (Å²) in [5, 5.41) is 9.74. The molecule has 2 aromatic carbocycles. The van der Waals surface area contributed by atoms with Crippen LogP contribution >= 0.6 is 11.8 Å². The number of carbonyl (C=O) groups is 3. The molecule has 3 rings (SSSR count). The Labute approximate surface area is 148 Å². The largest absolute Gasteiger partial charge is 0.507 e. The van der Waals surface area contributed by atoms with Gasteiger partial charge in [-0.3, -0.25) is 19.8 Å². The lowest BCUT2D eigenvalue weighted by Crippen LogP contribution is -2.44. The highest BCUT2D eigenvalue weighted by Gasteiger charge is 2.37. The van der Waals surface area contributed by atoms with Gasteiger partial charge in [0, 0.05) is 0 Å². The van der Waals surface area contributed by atoms with Gasteiger partial charge in [-0.2, -0.15) is 5.01 Å². The molecule has 0 saturated carbocycles. The number of carbonyl (C=O) groups excluding carboxylic acids is 3. The third kappa shape index (κ3) is 3.56. The van der Waals surface area contributed by atoms with Gasteiger partial charge in [0.05, 0.1) is 10.5 Å². The van der Waals surface area contributed by atoms with E-state index in [1.54, 1.807) is 18.2 Å². The van der Waals surface area contributed by atoms with E-state index < -0.39 is 17.1 Å². The first kappa shape index (κ1) is 16.8. The Balaban J connectivity index is 1.79. The summed E-state index contributed by atoms with van der Waals surface area (Å²) in [6, 6.07) is 13.3. The van der Waals surface area contributed by atoms with E-state index in [4.69, 9.17) is 0 Å². The molecular weight excluding hydrogens is 340 g/mol. The maximum Gasteiger partial charge on any atom is 0.312 e. The normalized spacial score (nSPS) is 15.7. The van der Waals surface area contributed by atoms with Crippen LogP contribution in [0.15, 0.2) is 53.4 Å². The van der Waals surface area contributed by atoms with Gasteiger partial charge in [-0.05, 0) is 42.5 Å². The quantitative estimate of drug-likeness (QED) is 0.827. The molecule has 2 N–H and O–H groups in total. The van der Waals surface area contributed by atoms with Gasteiger partial charge in [0.25, 0.3) is 11.8 Å². The molecule has 1 aliphatic rings. The van der Waals surface area contributed by atoms with Crippen molar-refractivity contribution in [1.29, 1.82) is 0 Å². The fourth-order valence-corrected chi connectivity index (χ4v) is 2.99. The van der Waals surface area contributed by atoms with Gasteiger partial charge >= 0.3 is 5.24 Å². The molecule has 1 fully saturated rings. The van der Waals surface area contributed by atoms with Gasteiger partial charge < -0.3 is 5.11 Å². The first-order chi connectivity index (χ1) is 12.0. The van der Waals surface area contributed by atoms with Crippen LogP contribution in [-0.4, -0.2) is 27.2 Å². The van der Waals surface area contributed by atoms with Crippen LogP contribution in [0.4, 0.5) is 4.79 Å². The standard InChI is InChI=1S/C18H14N2O4S/c1-11-6-8-12(9-7-11)10-15-17(23)20(18(24)25-15)19-16(22)13-4-2-3-5-14(13)21/h2-10,21H,1H3,(H,19,22). The molecule has 1 saturated heterocycles. The summed E-state index contributed by atoms with van der Waals surface area (Å²) in [5.41, 5.74) is 4.07. The molecule has 0 unspecified atom stereocenters. The number of phenols is 1. The zero-order valence-corrected chi connectivity index (χ0v) is 14.0. The van der Waals surface area contributed by atoms with Crippen molar-refractivity contribution in [3.63, 3.8) is 0 Å². The van der Waals surface area contributed by atoms with Gasteiger partial charge in [0.1, 0.15) is 5.75 Å². The predicted molar refractivity (Wildman–Crippen MR) is 94.6 cm³/mol. The number of nitrogens with one attached hydrogen (secondary N) is 1. The number of aromatic hydroxyl groups is 1. The van der Waals surface area contributed by atoms with Crippen LogP contribution in [0.5, 0.6) is 5.75 Å². The monoisotopic (exact) mass is 354 g/mol. The van der Waals surface area contributed by atoms with E-state index in [9.17, 15) is 19.5 Å². The molecule has 7 heteroatoms. The molecule has 1 aliphatic heterocycles. The van der Waals surface area contributed by atoms with Crippen molar-refractivity contribution in [2.24, 2.45) is 0 Å². The van der Waals surface area contributed by atoms with Crippen molar-refractivity contribution >= 4 is 34.9 Å². The predicted octanol–water partition coefficient (Wildman–Crippen LogP) is 3.08. The van der Waals surface area contributed by atoms with Crippen LogP contribution in [0.1, 0.15) is 21.5 Å². The molecule has 6 nitrogen and oxygen atoms in total. The highest BCUT2D eigenvalue weighted by Crippen LogP contribution is 2.31. The maximum absolute atomic E-state index is 12.4. The van der Waals surface area contributed by atoms with E-state index in [2.05, 4.69) is 5.43 Å². The van der Waals surface area contributed by atoms with Crippen LogP contribution < -0.4 is 5.43 Å². The molecule has 0 atom stereocenters. The lowest BCUT2D eigenvalue weighted by atomic mass is 10.1.